The van der Waals surface area contributed by atoms with Gasteiger partial charge in [-0.2, -0.15) is 0 Å². The molecule has 1 heterocycles. The van der Waals surface area contributed by atoms with Crippen LogP contribution in [0.2, 0.25) is 0 Å². The number of benzene rings is 2. The van der Waals surface area contributed by atoms with Gasteiger partial charge in [0.2, 0.25) is 0 Å². The summed E-state index contributed by atoms with van der Waals surface area (Å²) < 4.78 is 40.5. The van der Waals surface area contributed by atoms with Crippen LogP contribution in [-0.2, 0) is 15.3 Å². The SMILES string of the molecule is CCOC(=O)C(O)(c1cc(F)cc(F)c1)N(CCO)C(=N)C(Br)=Cc1ccc(-n2cnc(C)c2)c(OC)c1. The first-order valence-corrected chi connectivity index (χ1v) is 12.2. The van der Waals surface area contributed by atoms with Gasteiger partial charge in [-0.25, -0.2) is 18.6 Å². The fourth-order valence-corrected chi connectivity index (χ4v) is 4.28. The minimum atomic E-state index is -2.83. The molecule has 0 spiro atoms. The van der Waals surface area contributed by atoms with Gasteiger partial charge in [-0.3, -0.25) is 5.41 Å². The molecule has 0 saturated heterocycles. The Kier molecular flexibility index (Phi) is 9.36. The monoisotopic (exact) mass is 592 g/mol. The number of aliphatic hydroxyl groups is 2. The summed E-state index contributed by atoms with van der Waals surface area (Å²) in [7, 11) is 1.51. The highest BCUT2D eigenvalue weighted by Gasteiger charge is 2.48. The number of halogens is 3. The Morgan fingerprint density at radius 3 is 2.50 bits per heavy atom. The fraction of sp³-hybridized carbons (Fsp3) is 0.269. The molecular weight excluding hydrogens is 566 g/mol. The number of nitrogens with one attached hydrogen (secondary N) is 1. The fourth-order valence-electron chi connectivity index (χ4n) is 3.80. The minimum absolute atomic E-state index is 0.0822. The van der Waals surface area contributed by atoms with Gasteiger partial charge in [-0.1, -0.05) is 6.07 Å². The quantitative estimate of drug-likeness (QED) is 0.141. The Hall–Kier alpha value is -3.61. The number of hydrogen-bond acceptors (Lipinski definition) is 7. The molecule has 2 aromatic carbocycles. The van der Waals surface area contributed by atoms with Crippen LogP contribution in [0.4, 0.5) is 8.78 Å². The molecule has 1 aromatic heterocycles. The van der Waals surface area contributed by atoms with E-state index in [0.717, 1.165) is 28.4 Å². The lowest BCUT2D eigenvalue weighted by Crippen LogP contribution is -2.56. The first-order valence-electron chi connectivity index (χ1n) is 11.4. The van der Waals surface area contributed by atoms with E-state index in [-0.39, 0.29) is 11.1 Å². The van der Waals surface area contributed by atoms with E-state index in [2.05, 4.69) is 20.9 Å². The summed E-state index contributed by atoms with van der Waals surface area (Å²) in [5.41, 5.74) is -1.20. The smallest absolute Gasteiger partial charge is 0.364 e. The average Bonchev–Trinajstić information content (AvgIpc) is 3.31. The molecule has 38 heavy (non-hydrogen) atoms. The molecular formula is C26H27BrF2N4O5. The Balaban J connectivity index is 2.05. The predicted molar refractivity (Wildman–Crippen MR) is 140 cm³/mol. The number of aliphatic hydroxyl groups excluding tert-OH is 1. The Morgan fingerprint density at radius 2 is 1.95 bits per heavy atom. The number of nitrogens with zero attached hydrogens (tertiary/aromatic N) is 3. The van der Waals surface area contributed by atoms with Crippen LogP contribution in [0.3, 0.4) is 0 Å². The van der Waals surface area contributed by atoms with Gasteiger partial charge in [0.1, 0.15) is 23.2 Å². The van der Waals surface area contributed by atoms with Crippen LogP contribution in [0, 0.1) is 24.0 Å². The van der Waals surface area contributed by atoms with Gasteiger partial charge >= 0.3 is 5.97 Å². The Bertz CT molecular complexity index is 1340. The van der Waals surface area contributed by atoms with Crippen molar-refractivity contribution in [1.82, 2.24) is 14.5 Å². The number of imidazole rings is 1. The van der Waals surface area contributed by atoms with Crippen molar-refractivity contribution in [2.45, 2.75) is 19.6 Å². The number of amidine groups is 1. The lowest BCUT2D eigenvalue weighted by atomic mass is 9.99. The number of methoxy groups -OCH3 is 1. The van der Waals surface area contributed by atoms with Gasteiger partial charge in [-0.05, 0) is 65.7 Å². The van der Waals surface area contributed by atoms with Gasteiger partial charge in [0.05, 0.1) is 42.5 Å². The largest absolute Gasteiger partial charge is 0.495 e. The standard InChI is InChI=1S/C26H27BrF2N4O5/c1-4-38-25(35)26(36,18-11-19(28)13-20(29)12-18)33(7-8-34)24(30)21(27)9-17-5-6-22(23(10-17)37-3)32-14-16(2)31-15-32/h5-6,9-15,30,34,36H,4,7-8H2,1-3H3. The average molecular weight is 593 g/mol. The van der Waals surface area contributed by atoms with Crippen molar-refractivity contribution in [3.05, 3.63) is 81.9 Å². The highest BCUT2D eigenvalue weighted by molar-refractivity contribution is 9.12. The van der Waals surface area contributed by atoms with E-state index in [0.29, 0.717) is 17.4 Å². The van der Waals surface area contributed by atoms with Gasteiger partial charge < -0.3 is 29.2 Å². The number of carbonyl (C=O) groups is 1. The highest BCUT2D eigenvalue weighted by Crippen LogP contribution is 2.33. The first kappa shape index (κ1) is 29.0. The van der Waals surface area contributed by atoms with Gasteiger partial charge in [0.15, 0.2) is 0 Å². The Morgan fingerprint density at radius 1 is 1.26 bits per heavy atom. The van der Waals surface area contributed by atoms with E-state index in [1.807, 2.05) is 13.1 Å². The molecule has 0 amide bonds. The zero-order valence-electron chi connectivity index (χ0n) is 20.9. The number of rotatable bonds is 10. The topological polar surface area (TPSA) is 121 Å². The molecule has 1 atom stereocenters. The van der Waals surface area contributed by atoms with Crippen LogP contribution in [0.15, 0.2) is 53.4 Å². The lowest BCUT2D eigenvalue weighted by Gasteiger charge is -2.39. The number of aryl methyl sites for hydroxylation is 1. The van der Waals surface area contributed by atoms with Gasteiger partial charge in [-0.15, -0.1) is 0 Å². The maximum atomic E-state index is 14.1. The van der Waals surface area contributed by atoms with Crippen LogP contribution in [-0.4, -0.2) is 63.3 Å². The predicted octanol–water partition coefficient (Wildman–Crippen LogP) is 3.88. The normalized spacial score (nSPS) is 13.1. The van der Waals surface area contributed by atoms with Crippen molar-refractivity contribution in [3.63, 3.8) is 0 Å². The molecule has 3 rings (SSSR count). The second-order valence-corrected chi connectivity index (χ2v) is 8.97. The van der Waals surface area contributed by atoms with E-state index in [4.69, 9.17) is 14.9 Å². The molecule has 0 aliphatic rings. The zero-order chi connectivity index (χ0) is 28.0. The van der Waals surface area contributed by atoms with Crippen molar-refractivity contribution >= 4 is 33.8 Å². The number of esters is 1. The van der Waals surface area contributed by atoms with Crippen LogP contribution in [0.5, 0.6) is 5.75 Å². The van der Waals surface area contributed by atoms with Crippen molar-refractivity contribution in [1.29, 1.82) is 5.41 Å². The molecule has 9 nitrogen and oxygen atoms in total. The molecule has 3 N–H and O–H groups in total. The third-order valence-corrected chi connectivity index (χ3v) is 6.13. The molecule has 12 heteroatoms. The summed E-state index contributed by atoms with van der Waals surface area (Å²) in [6.45, 7) is 2.14. The maximum Gasteiger partial charge on any atom is 0.364 e. The third kappa shape index (κ3) is 6.09. The van der Waals surface area contributed by atoms with Gasteiger partial charge in [0, 0.05) is 24.4 Å². The van der Waals surface area contributed by atoms with Gasteiger partial charge in [0.25, 0.3) is 5.72 Å². The van der Waals surface area contributed by atoms with Crippen LogP contribution in [0.1, 0.15) is 23.7 Å². The van der Waals surface area contributed by atoms with Crippen LogP contribution >= 0.6 is 15.9 Å². The van der Waals surface area contributed by atoms with E-state index in [1.54, 1.807) is 29.1 Å². The first-order chi connectivity index (χ1) is 18.0. The van der Waals surface area contributed by atoms with Crippen LogP contribution in [0.25, 0.3) is 11.8 Å². The lowest BCUT2D eigenvalue weighted by molar-refractivity contribution is -0.184. The van der Waals surface area contributed by atoms with E-state index in [9.17, 15) is 23.8 Å². The summed E-state index contributed by atoms with van der Waals surface area (Å²) in [6.07, 6.45) is 5.00. The molecule has 0 fully saturated rings. The molecule has 1 unspecified atom stereocenters. The van der Waals surface area contributed by atoms with Crippen molar-refractivity contribution < 1.29 is 33.3 Å². The summed E-state index contributed by atoms with van der Waals surface area (Å²) in [5.74, 6) is -3.33. The number of aromatic nitrogens is 2. The van der Waals surface area contributed by atoms with Crippen molar-refractivity contribution in [3.8, 4) is 11.4 Å². The highest BCUT2D eigenvalue weighted by atomic mass is 79.9. The Labute approximate surface area is 226 Å². The number of carbonyl (C=O) groups excluding carboxylic acids is 1. The molecule has 0 aliphatic carbocycles. The van der Waals surface area contributed by atoms with Crippen molar-refractivity contribution in [2.75, 3.05) is 26.9 Å². The molecule has 0 radical (unpaired) electrons. The summed E-state index contributed by atoms with van der Waals surface area (Å²) in [5, 5.41) is 30.0. The maximum absolute atomic E-state index is 14.1. The van der Waals surface area contributed by atoms with Crippen molar-refractivity contribution in [2.24, 2.45) is 0 Å². The van der Waals surface area contributed by atoms with E-state index in [1.165, 1.54) is 20.1 Å². The summed E-state index contributed by atoms with van der Waals surface area (Å²) >= 11 is 3.29. The number of hydrogen-bond donors (Lipinski definition) is 3. The molecule has 0 bridgehead atoms. The molecule has 202 valence electrons. The second kappa shape index (κ2) is 12.3. The molecule has 3 aromatic rings. The molecule has 0 aliphatic heterocycles. The van der Waals surface area contributed by atoms with E-state index >= 15 is 0 Å². The second-order valence-electron chi connectivity index (χ2n) is 8.12. The summed E-state index contributed by atoms with van der Waals surface area (Å²) in [6, 6.07) is 7.33. The minimum Gasteiger partial charge on any atom is -0.495 e. The summed E-state index contributed by atoms with van der Waals surface area (Å²) in [4.78, 5) is 18.0. The zero-order valence-corrected chi connectivity index (χ0v) is 22.5. The molecule has 0 saturated carbocycles. The van der Waals surface area contributed by atoms with E-state index < -0.39 is 47.9 Å². The third-order valence-electron chi connectivity index (χ3n) is 5.52. The number of ether oxygens (including phenoxy) is 2. The van der Waals surface area contributed by atoms with Crippen LogP contribution < -0.4 is 4.74 Å².